The van der Waals surface area contributed by atoms with Crippen LogP contribution in [0.15, 0.2) is 71.7 Å². The van der Waals surface area contributed by atoms with Crippen molar-refractivity contribution >= 4 is 28.1 Å². The summed E-state index contributed by atoms with van der Waals surface area (Å²) in [5, 5.41) is 9.68. The number of rotatable bonds is 5. The van der Waals surface area contributed by atoms with Crippen LogP contribution in [0.5, 0.6) is 0 Å². The minimum absolute atomic E-state index is 0.0591. The number of hydrogen-bond acceptors (Lipinski definition) is 6. The topological polar surface area (TPSA) is 102 Å². The molecular formula is C28H30N6O. The molecule has 1 aliphatic heterocycles. The summed E-state index contributed by atoms with van der Waals surface area (Å²) in [7, 11) is 2.13. The fourth-order valence-corrected chi connectivity index (χ4v) is 4.66. The van der Waals surface area contributed by atoms with E-state index in [1.807, 2.05) is 61.5 Å². The molecule has 0 saturated carbocycles. The zero-order valence-corrected chi connectivity index (χ0v) is 20.1. The Morgan fingerprint density at radius 1 is 1.06 bits per heavy atom. The first-order chi connectivity index (χ1) is 16.9. The first-order valence-electron chi connectivity index (χ1n) is 11.9. The van der Waals surface area contributed by atoms with Gasteiger partial charge in [-0.2, -0.15) is 0 Å². The van der Waals surface area contributed by atoms with Crippen molar-refractivity contribution in [2.45, 2.75) is 12.8 Å². The van der Waals surface area contributed by atoms with Crippen molar-refractivity contribution in [2.75, 3.05) is 43.9 Å². The van der Waals surface area contributed by atoms with E-state index in [2.05, 4.69) is 26.8 Å². The van der Waals surface area contributed by atoms with Gasteiger partial charge in [-0.3, -0.25) is 10.2 Å². The molecule has 3 heterocycles. The van der Waals surface area contributed by atoms with Gasteiger partial charge in [0.05, 0.1) is 11.2 Å². The van der Waals surface area contributed by atoms with Crippen LogP contribution < -0.4 is 16.2 Å². The van der Waals surface area contributed by atoms with E-state index in [4.69, 9.17) is 11.1 Å². The summed E-state index contributed by atoms with van der Waals surface area (Å²) in [5.41, 5.74) is 10.7. The molecule has 1 saturated heterocycles. The third kappa shape index (κ3) is 4.55. The number of piperazine rings is 1. The molecule has 4 aromatic rings. The van der Waals surface area contributed by atoms with Gasteiger partial charge in [0.1, 0.15) is 5.82 Å². The van der Waals surface area contributed by atoms with E-state index in [9.17, 15) is 4.79 Å². The Kier molecular flexibility index (Phi) is 6.09. The molecule has 7 nitrogen and oxygen atoms in total. The molecule has 0 spiro atoms. The number of nitrogens with one attached hydrogen (secondary N) is 2. The van der Waals surface area contributed by atoms with E-state index in [1.54, 1.807) is 12.3 Å². The Morgan fingerprint density at radius 2 is 1.80 bits per heavy atom. The quantitative estimate of drug-likeness (QED) is 0.307. The van der Waals surface area contributed by atoms with Crippen LogP contribution in [0.1, 0.15) is 35.1 Å². The predicted octanol–water partition coefficient (Wildman–Crippen LogP) is 3.83. The van der Waals surface area contributed by atoms with Crippen molar-refractivity contribution < 1.29 is 0 Å². The average molecular weight is 467 g/mol. The number of benzene rings is 2. The first kappa shape index (κ1) is 22.8. The lowest BCUT2D eigenvalue weighted by Gasteiger charge is -2.33. The fraction of sp³-hybridized carbons (Fsp3) is 0.250. The van der Waals surface area contributed by atoms with Gasteiger partial charge in [-0.25, -0.2) is 4.98 Å². The van der Waals surface area contributed by atoms with Crippen molar-refractivity contribution in [3.8, 4) is 0 Å². The van der Waals surface area contributed by atoms with Crippen molar-refractivity contribution in [3.05, 3.63) is 99.5 Å². The number of pyridine rings is 2. The molecule has 0 aliphatic carbocycles. The Bertz CT molecular complexity index is 1420. The normalized spacial score (nSPS) is 15.3. The van der Waals surface area contributed by atoms with Crippen molar-refractivity contribution in [1.82, 2.24) is 14.9 Å². The lowest BCUT2D eigenvalue weighted by molar-refractivity contribution is 0.312. The summed E-state index contributed by atoms with van der Waals surface area (Å²) in [6, 6.07) is 19.4. The fourth-order valence-electron chi connectivity index (χ4n) is 4.66. The second kappa shape index (κ2) is 9.35. The Hall–Kier alpha value is -3.97. The van der Waals surface area contributed by atoms with Gasteiger partial charge >= 0.3 is 0 Å². The molecule has 1 unspecified atom stereocenters. The lowest BCUT2D eigenvalue weighted by atomic mass is 9.92. The lowest BCUT2D eigenvalue weighted by Crippen LogP contribution is -2.44. The number of nitrogens with zero attached hydrogens (tertiary/aromatic N) is 3. The van der Waals surface area contributed by atoms with Crippen LogP contribution in [0.3, 0.4) is 0 Å². The molecular weight excluding hydrogens is 436 g/mol. The zero-order valence-electron chi connectivity index (χ0n) is 20.1. The molecule has 7 heteroatoms. The van der Waals surface area contributed by atoms with Gasteiger partial charge in [-0.1, -0.05) is 37.3 Å². The van der Waals surface area contributed by atoms with Crippen molar-refractivity contribution in [3.63, 3.8) is 0 Å². The number of likely N-dealkylation sites (N-methyl/N-ethyl adjacent to an activating group) is 1. The van der Waals surface area contributed by atoms with Crippen LogP contribution >= 0.6 is 0 Å². The first-order valence-corrected chi connectivity index (χ1v) is 11.9. The second-order valence-electron chi connectivity index (χ2n) is 9.28. The summed E-state index contributed by atoms with van der Waals surface area (Å²) < 4.78 is 0. The van der Waals surface area contributed by atoms with E-state index in [0.29, 0.717) is 33.6 Å². The van der Waals surface area contributed by atoms with Crippen LogP contribution in [0, 0.1) is 5.41 Å². The molecule has 4 N–H and O–H groups in total. The number of fused-ring (bicyclic) bond motifs is 1. The number of anilines is 2. The number of nitrogens with two attached hydrogens (primary N) is 1. The largest absolute Gasteiger partial charge is 0.398 e. The van der Waals surface area contributed by atoms with Gasteiger partial charge in [0.2, 0.25) is 0 Å². The molecule has 0 bridgehead atoms. The molecule has 178 valence electrons. The minimum atomic E-state index is -0.125. The minimum Gasteiger partial charge on any atom is -0.398 e. The molecule has 2 aromatic carbocycles. The number of nitrogen functional groups attached to an aromatic ring is 1. The highest BCUT2D eigenvalue weighted by molar-refractivity contribution is 6.15. The summed E-state index contributed by atoms with van der Waals surface area (Å²) in [6.07, 6.45) is 1.75. The Morgan fingerprint density at radius 3 is 2.49 bits per heavy atom. The maximum atomic E-state index is 12.8. The molecule has 0 radical (unpaired) electrons. The van der Waals surface area contributed by atoms with E-state index < -0.39 is 0 Å². The van der Waals surface area contributed by atoms with Crippen molar-refractivity contribution in [2.24, 2.45) is 0 Å². The van der Waals surface area contributed by atoms with E-state index in [-0.39, 0.29) is 11.5 Å². The van der Waals surface area contributed by atoms with Gasteiger partial charge in [0.15, 0.2) is 0 Å². The average Bonchev–Trinajstić information content (AvgIpc) is 2.88. The molecule has 0 amide bonds. The molecule has 2 aromatic heterocycles. The van der Waals surface area contributed by atoms with E-state index >= 15 is 0 Å². The van der Waals surface area contributed by atoms with Gasteiger partial charge in [0.25, 0.3) is 5.56 Å². The number of H-pyrrole nitrogens is 1. The molecule has 1 aliphatic rings. The third-order valence-electron chi connectivity index (χ3n) is 6.94. The molecule has 35 heavy (non-hydrogen) atoms. The Labute approximate surface area is 204 Å². The second-order valence-corrected chi connectivity index (χ2v) is 9.28. The molecule has 5 rings (SSSR count). The predicted molar refractivity (Wildman–Crippen MR) is 143 cm³/mol. The highest BCUT2D eigenvalue weighted by Crippen LogP contribution is 2.27. The van der Waals surface area contributed by atoms with Crippen LogP contribution in [0.2, 0.25) is 0 Å². The maximum Gasteiger partial charge on any atom is 0.252 e. The summed E-state index contributed by atoms with van der Waals surface area (Å²) in [6.45, 7) is 5.94. The molecule has 1 fully saturated rings. The number of aromatic nitrogens is 2. The standard InChI is InChI=1S/C28H30N6O/c1-18(19-6-4-3-5-7-19)22-14-21-15-23(24(29)16-25(21)32-28(22)35)27(30)20-8-9-26(31-17-20)34-12-10-33(2)11-13-34/h3-9,14-18,30H,10-13,29H2,1-2H3,(H,32,35). The maximum absolute atomic E-state index is 12.8. The van der Waals surface area contributed by atoms with Gasteiger partial charge in [-0.15, -0.1) is 0 Å². The van der Waals surface area contributed by atoms with Crippen molar-refractivity contribution in [1.29, 1.82) is 5.41 Å². The van der Waals surface area contributed by atoms with E-state index in [0.717, 1.165) is 42.9 Å². The number of hydrogen-bond donors (Lipinski definition) is 3. The monoisotopic (exact) mass is 466 g/mol. The van der Waals surface area contributed by atoms with Gasteiger partial charge in [0, 0.05) is 60.7 Å². The smallest absolute Gasteiger partial charge is 0.252 e. The Balaban J connectivity index is 1.45. The van der Waals surface area contributed by atoms with E-state index in [1.165, 1.54) is 0 Å². The summed E-state index contributed by atoms with van der Waals surface area (Å²) >= 11 is 0. The number of aromatic amines is 1. The van der Waals surface area contributed by atoms with Crippen LogP contribution in [0.25, 0.3) is 10.9 Å². The summed E-state index contributed by atoms with van der Waals surface area (Å²) in [5.74, 6) is 0.870. The summed E-state index contributed by atoms with van der Waals surface area (Å²) in [4.78, 5) is 25.0. The van der Waals surface area contributed by atoms with Crippen LogP contribution in [-0.4, -0.2) is 53.8 Å². The van der Waals surface area contributed by atoms with Crippen LogP contribution in [0.4, 0.5) is 11.5 Å². The van der Waals surface area contributed by atoms with Crippen LogP contribution in [-0.2, 0) is 0 Å². The highest BCUT2D eigenvalue weighted by Gasteiger charge is 2.18. The molecule has 1 atom stereocenters. The third-order valence-corrected chi connectivity index (χ3v) is 6.94. The SMILES string of the molecule is CC(c1ccccc1)c1cc2cc(C(=N)c3ccc(N4CCN(C)CC4)nc3)c(N)cc2[nH]c1=O. The highest BCUT2D eigenvalue weighted by atomic mass is 16.1. The van der Waals surface area contributed by atoms with Gasteiger partial charge < -0.3 is 20.5 Å². The zero-order chi connectivity index (χ0) is 24.5. The van der Waals surface area contributed by atoms with Gasteiger partial charge in [-0.05, 0) is 48.3 Å².